The third kappa shape index (κ3) is 8.47. The number of nitriles is 1. The maximum Gasteiger partial charge on any atom is 0.323 e. The molecule has 0 radical (unpaired) electrons. The number of esters is 1. The number of hydrogen-bond acceptors (Lipinski definition) is 7. The number of thioether (sulfide) groups is 1. The fourth-order valence-electron chi connectivity index (χ4n) is 4.68. The second-order valence-electron chi connectivity index (χ2n) is 9.77. The number of benzene rings is 3. The van der Waals surface area contributed by atoms with Crippen LogP contribution in [0.15, 0.2) is 78.9 Å². The smallest absolute Gasteiger partial charge is 0.323 e. The summed E-state index contributed by atoms with van der Waals surface area (Å²) in [5.41, 5.74) is 5.14. The van der Waals surface area contributed by atoms with Crippen LogP contribution in [-0.4, -0.2) is 52.2 Å². The molecule has 1 saturated heterocycles. The lowest BCUT2D eigenvalue weighted by Crippen LogP contribution is -2.37. The van der Waals surface area contributed by atoms with Crippen molar-refractivity contribution in [2.75, 3.05) is 35.6 Å². The first-order valence-corrected chi connectivity index (χ1v) is 15.3. The van der Waals surface area contributed by atoms with Crippen molar-refractivity contribution in [1.82, 2.24) is 4.90 Å². The van der Waals surface area contributed by atoms with Crippen LogP contribution in [-0.2, 0) is 20.7 Å². The zero-order chi connectivity index (χ0) is 29.9. The number of thiocarbonyl (C=S) groups is 1. The highest BCUT2D eigenvalue weighted by Gasteiger charge is 2.41. The van der Waals surface area contributed by atoms with Gasteiger partial charge in [0.25, 0.3) is 0 Å². The Morgan fingerprint density at radius 2 is 1.57 bits per heavy atom. The summed E-state index contributed by atoms with van der Waals surface area (Å²) in [6, 6.07) is 28.2. The van der Waals surface area contributed by atoms with Gasteiger partial charge in [-0.25, -0.2) is 0 Å². The van der Waals surface area contributed by atoms with Crippen molar-refractivity contribution >= 4 is 58.0 Å². The minimum Gasteiger partial charge on any atom is -0.465 e. The van der Waals surface area contributed by atoms with E-state index in [0.717, 1.165) is 23.5 Å². The molecular formula is C32H35N5O3S2. The Kier molecular flexibility index (Phi) is 11.2. The summed E-state index contributed by atoms with van der Waals surface area (Å²) in [6.07, 6.45) is 1.05. The molecular weight excluding hydrogens is 567 g/mol. The Bertz CT molecular complexity index is 1390. The largest absolute Gasteiger partial charge is 0.465 e. The maximum atomic E-state index is 13.0. The van der Waals surface area contributed by atoms with E-state index in [2.05, 4.69) is 40.2 Å². The molecule has 4 rings (SSSR count). The molecule has 0 saturated carbocycles. The molecule has 3 atom stereocenters. The average molecular weight is 602 g/mol. The third-order valence-electron chi connectivity index (χ3n) is 6.83. The van der Waals surface area contributed by atoms with E-state index in [1.54, 1.807) is 11.8 Å². The van der Waals surface area contributed by atoms with Crippen LogP contribution in [0.5, 0.6) is 0 Å². The van der Waals surface area contributed by atoms with Gasteiger partial charge in [0.05, 0.1) is 18.0 Å². The average Bonchev–Trinajstić information content (AvgIpc) is 3.30. The van der Waals surface area contributed by atoms with Gasteiger partial charge in [-0.2, -0.15) is 5.26 Å². The van der Waals surface area contributed by atoms with Gasteiger partial charge in [-0.05, 0) is 80.0 Å². The Labute approximate surface area is 256 Å². The predicted octanol–water partition coefficient (Wildman–Crippen LogP) is 5.88. The SMILES string of the molecule is CCOC(=O)C(C#N)CC1SC(CNc2ccc(Cc3ccc(NC(=S)Nc4ccccc4)cc3)cc2)C(=O)N1CC. The monoisotopic (exact) mass is 601 g/mol. The Morgan fingerprint density at radius 3 is 2.14 bits per heavy atom. The van der Waals surface area contributed by atoms with Gasteiger partial charge >= 0.3 is 5.97 Å². The fourth-order valence-corrected chi connectivity index (χ4v) is 6.43. The van der Waals surface area contributed by atoms with Crippen LogP contribution in [0.25, 0.3) is 0 Å². The van der Waals surface area contributed by atoms with Gasteiger partial charge in [0.1, 0.15) is 11.2 Å². The van der Waals surface area contributed by atoms with E-state index in [1.807, 2.05) is 67.6 Å². The minimum absolute atomic E-state index is 0.0201. The molecule has 42 heavy (non-hydrogen) atoms. The van der Waals surface area contributed by atoms with Gasteiger partial charge < -0.3 is 25.6 Å². The van der Waals surface area contributed by atoms with Gasteiger partial charge in [-0.3, -0.25) is 9.59 Å². The van der Waals surface area contributed by atoms with Crippen molar-refractivity contribution in [3.05, 3.63) is 90.0 Å². The summed E-state index contributed by atoms with van der Waals surface area (Å²) in [6.45, 7) is 4.83. The number of para-hydroxylation sites is 1. The molecule has 3 N–H and O–H groups in total. The molecule has 1 aliphatic heterocycles. The highest BCUT2D eigenvalue weighted by molar-refractivity contribution is 8.01. The van der Waals surface area contributed by atoms with Crippen LogP contribution in [0.3, 0.4) is 0 Å². The number of amides is 1. The van der Waals surface area contributed by atoms with Crippen LogP contribution in [0.2, 0.25) is 0 Å². The highest BCUT2D eigenvalue weighted by atomic mass is 32.2. The molecule has 3 unspecified atom stereocenters. The summed E-state index contributed by atoms with van der Waals surface area (Å²) < 4.78 is 5.02. The summed E-state index contributed by atoms with van der Waals surface area (Å²) in [7, 11) is 0. The van der Waals surface area contributed by atoms with Crippen LogP contribution >= 0.6 is 24.0 Å². The maximum absolute atomic E-state index is 13.0. The van der Waals surface area contributed by atoms with E-state index in [4.69, 9.17) is 17.0 Å². The minimum atomic E-state index is -0.884. The molecule has 0 aliphatic carbocycles. The summed E-state index contributed by atoms with van der Waals surface area (Å²) in [4.78, 5) is 26.9. The Morgan fingerprint density at radius 1 is 0.976 bits per heavy atom. The molecule has 0 bridgehead atoms. The first-order valence-electron chi connectivity index (χ1n) is 14.0. The molecule has 1 fully saturated rings. The molecule has 1 aliphatic rings. The van der Waals surface area contributed by atoms with Gasteiger partial charge in [0, 0.05) is 36.6 Å². The van der Waals surface area contributed by atoms with E-state index in [9.17, 15) is 14.9 Å². The molecule has 0 spiro atoms. The quantitative estimate of drug-likeness (QED) is 0.173. The number of nitrogens with one attached hydrogen (secondary N) is 3. The van der Waals surface area contributed by atoms with Gasteiger partial charge in [-0.15, -0.1) is 11.8 Å². The third-order valence-corrected chi connectivity index (χ3v) is 8.49. The van der Waals surface area contributed by atoms with E-state index in [1.165, 1.54) is 22.9 Å². The van der Waals surface area contributed by atoms with E-state index in [0.29, 0.717) is 18.2 Å². The second-order valence-corrected chi connectivity index (χ2v) is 11.6. The number of carbonyl (C=O) groups is 2. The number of rotatable bonds is 12. The fraction of sp³-hybridized carbons (Fsp3) is 0.312. The summed E-state index contributed by atoms with van der Waals surface area (Å²) >= 11 is 6.91. The van der Waals surface area contributed by atoms with Crippen molar-refractivity contribution in [1.29, 1.82) is 5.26 Å². The zero-order valence-corrected chi connectivity index (χ0v) is 25.3. The van der Waals surface area contributed by atoms with E-state index >= 15 is 0 Å². The van der Waals surface area contributed by atoms with Crippen LogP contribution in [0, 0.1) is 17.2 Å². The van der Waals surface area contributed by atoms with Gasteiger partial charge in [-0.1, -0.05) is 42.5 Å². The van der Waals surface area contributed by atoms with Crippen molar-refractivity contribution in [3.8, 4) is 6.07 Å². The van der Waals surface area contributed by atoms with Crippen molar-refractivity contribution in [2.24, 2.45) is 5.92 Å². The van der Waals surface area contributed by atoms with Gasteiger partial charge in [0.15, 0.2) is 5.11 Å². The Hall–Kier alpha value is -4.07. The number of carbonyl (C=O) groups excluding carboxylic acids is 2. The molecule has 3 aromatic rings. The molecule has 1 amide bonds. The van der Waals surface area contributed by atoms with E-state index in [-0.39, 0.29) is 29.6 Å². The van der Waals surface area contributed by atoms with Crippen LogP contribution in [0.4, 0.5) is 17.1 Å². The number of nitrogens with zero attached hydrogens (tertiary/aromatic N) is 2. The van der Waals surface area contributed by atoms with Crippen molar-refractivity contribution in [3.63, 3.8) is 0 Å². The van der Waals surface area contributed by atoms with Crippen molar-refractivity contribution < 1.29 is 14.3 Å². The highest BCUT2D eigenvalue weighted by Crippen LogP contribution is 2.35. The summed E-state index contributed by atoms with van der Waals surface area (Å²) in [5.74, 6) is -1.39. The summed E-state index contributed by atoms with van der Waals surface area (Å²) in [5, 5.41) is 19.2. The topological polar surface area (TPSA) is 106 Å². The number of anilines is 3. The molecule has 0 aromatic heterocycles. The molecule has 218 valence electrons. The van der Waals surface area contributed by atoms with Crippen molar-refractivity contribution in [2.45, 2.75) is 37.3 Å². The number of hydrogen-bond donors (Lipinski definition) is 3. The van der Waals surface area contributed by atoms with E-state index < -0.39 is 11.9 Å². The lowest BCUT2D eigenvalue weighted by molar-refractivity contribution is -0.146. The molecule has 1 heterocycles. The predicted molar refractivity (Wildman–Crippen MR) is 173 cm³/mol. The number of ether oxygens (including phenoxy) is 1. The Balaban J connectivity index is 1.26. The molecule has 3 aromatic carbocycles. The zero-order valence-electron chi connectivity index (χ0n) is 23.7. The molecule has 10 heteroatoms. The molecule has 8 nitrogen and oxygen atoms in total. The first kappa shape index (κ1) is 30.9. The first-order chi connectivity index (χ1) is 20.4. The van der Waals surface area contributed by atoms with Gasteiger partial charge in [0.2, 0.25) is 5.91 Å². The second kappa shape index (κ2) is 15.2. The normalized spacial score (nSPS) is 16.8. The lowest BCUT2D eigenvalue weighted by atomic mass is 10.0. The van der Waals surface area contributed by atoms with Crippen LogP contribution < -0.4 is 16.0 Å². The standard InChI is InChI=1S/C32H35N5O3S2/c1-3-37-29(19-24(20-33)31(39)40-4-2)42-28(30(37)38)21-34-25-14-10-22(11-15-25)18-23-12-16-27(17-13-23)36-32(41)35-26-8-6-5-7-9-26/h5-17,24,28-29,34H,3-4,18-19,21H2,1-2H3,(H2,35,36,41). The van der Waals surface area contributed by atoms with Crippen LogP contribution in [0.1, 0.15) is 31.4 Å². The lowest BCUT2D eigenvalue weighted by Gasteiger charge is -2.23.